The summed E-state index contributed by atoms with van der Waals surface area (Å²) in [6.45, 7) is 0.161. The highest BCUT2D eigenvalue weighted by Gasteiger charge is 2.32. The van der Waals surface area contributed by atoms with Crippen LogP contribution in [0, 0.1) is 17.6 Å². The Morgan fingerprint density at radius 1 is 1.47 bits per heavy atom. The van der Waals surface area contributed by atoms with Gasteiger partial charge in [0, 0.05) is 31.6 Å². The molecule has 1 atom stereocenters. The molecule has 1 aromatic carbocycles. The zero-order valence-electron chi connectivity index (χ0n) is 8.79. The fourth-order valence-corrected chi connectivity index (χ4v) is 2.32. The molecule has 17 heavy (non-hydrogen) atoms. The lowest BCUT2D eigenvalue weighted by Crippen LogP contribution is -2.25. The van der Waals surface area contributed by atoms with Crippen molar-refractivity contribution < 1.29 is 18.7 Å². The van der Waals surface area contributed by atoms with Crippen LogP contribution < -0.4 is 4.90 Å². The van der Waals surface area contributed by atoms with Crippen LogP contribution >= 0.6 is 15.9 Å². The van der Waals surface area contributed by atoms with Crippen LogP contribution in [0.3, 0.4) is 0 Å². The Balaban J connectivity index is 2.38. The molecule has 2 rings (SSSR count). The molecular weight excluding hydrogens is 296 g/mol. The van der Waals surface area contributed by atoms with Crippen molar-refractivity contribution in [2.75, 3.05) is 18.1 Å². The minimum atomic E-state index is -0.750. The smallest absolute Gasteiger partial charge is 0.227 e. The second kappa shape index (κ2) is 4.70. The molecule has 92 valence electrons. The first kappa shape index (κ1) is 12.4. The number of hydrogen-bond acceptors (Lipinski definition) is 2. The number of aliphatic hydroxyl groups is 1. The topological polar surface area (TPSA) is 40.5 Å². The Kier molecular flexibility index (Phi) is 3.44. The van der Waals surface area contributed by atoms with Crippen LogP contribution in [0.15, 0.2) is 16.6 Å². The number of rotatable bonds is 2. The number of nitrogens with zero attached hydrogens (tertiary/aromatic N) is 1. The molecule has 0 aromatic heterocycles. The Hall–Kier alpha value is -1.01. The minimum Gasteiger partial charge on any atom is -0.396 e. The van der Waals surface area contributed by atoms with Crippen molar-refractivity contribution in [1.29, 1.82) is 0 Å². The number of anilines is 1. The molecule has 0 aliphatic carbocycles. The van der Waals surface area contributed by atoms with E-state index >= 15 is 0 Å². The second-order valence-corrected chi connectivity index (χ2v) is 4.77. The molecule has 0 spiro atoms. The van der Waals surface area contributed by atoms with E-state index in [1.807, 2.05) is 0 Å². The molecular formula is C11H10BrF2NO2. The maximum Gasteiger partial charge on any atom is 0.227 e. The van der Waals surface area contributed by atoms with Gasteiger partial charge in [-0.1, -0.05) is 0 Å². The molecule has 0 radical (unpaired) electrons. The molecule has 1 aliphatic heterocycles. The van der Waals surface area contributed by atoms with Gasteiger partial charge in [0.05, 0.1) is 10.2 Å². The van der Waals surface area contributed by atoms with E-state index in [0.717, 1.165) is 12.1 Å². The fraction of sp³-hybridized carbons (Fsp3) is 0.364. The molecule has 0 bridgehead atoms. The van der Waals surface area contributed by atoms with Crippen molar-refractivity contribution in [2.45, 2.75) is 6.42 Å². The Morgan fingerprint density at radius 2 is 2.18 bits per heavy atom. The number of carbonyl (C=O) groups is 1. The maximum absolute atomic E-state index is 13.3. The molecule has 3 nitrogen and oxygen atoms in total. The van der Waals surface area contributed by atoms with Gasteiger partial charge in [-0.3, -0.25) is 4.79 Å². The summed E-state index contributed by atoms with van der Waals surface area (Å²) in [5.41, 5.74) is 0.170. The molecule has 1 N–H and O–H groups in total. The number of halogens is 3. The van der Waals surface area contributed by atoms with Crippen molar-refractivity contribution >= 4 is 27.5 Å². The van der Waals surface area contributed by atoms with Crippen molar-refractivity contribution in [1.82, 2.24) is 0 Å². The van der Waals surface area contributed by atoms with Gasteiger partial charge in [0.15, 0.2) is 0 Å². The van der Waals surface area contributed by atoms with Crippen LogP contribution in [0.2, 0.25) is 0 Å². The highest BCUT2D eigenvalue weighted by molar-refractivity contribution is 9.10. The zero-order chi connectivity index (χ0) is 12.6. The third-order valence-electron chi connectivity index (χ3n) is 2.73. The van der Waals surface area contributed by atoms with Gasteiger partial charge in [-0.25, -0.2) is 8.78 Å². The summed E-state index contributed by atoms with van der Waals surface area (Å²) < 4.78 is 26.5. The molecule has 1 fully saturated rings. The predicted octanol–water partition coefficient (Wildman–Crippen LogP) is 2.07. The van der Waals surface area contributed by atoms with Crippen molar-refractivity contribution in [3.05, 3.63) is 28.2 Å². The Labute approximate surface area is 105 Å². The molecule has 1 saturated heterocycles. The predicted molar refractivity (Wildman–Crippen MR) is 61.6 cm³/mol. The highest BCUT2D eigenvalue weighted by atomic mass is 79.9. The third-order valence-corrected chi connectivity index (χ3v) is 3.51. The lowest BCUT2D eigenvalue weighted by molar-refractivity contribution is -0.117. The summed E-state index contributed by atoms with van der Waals surface area (Å²) >= 11 is 3.00. The van der Waals surface area contributed by atoms with E-state index in [0.29, 0.717) is 0 Å². The number of amides is 1. The van der Waals surface area contributed by atoms with E-state index in [4.69, 9.17) is 5.11 Å². The van der Waals surface area contributed by atoms with Crippen molar-refractivity contribution in [2.24, 2.45) is 5.92 Å². The number of benzene rings is 1. The monoisotopic (exact) mass is 305 g/mol. The summed E-state index contributed by atoms with van der Waals surface area (Å²) in [5.74, 6) is -1.91. The van der Waals surface area contributed by atoms with Gasteiger partial charge in [0.2, 0.25) is 5.91 Å². The van der Waals surface area contributed by atoms with Gasteiger partial charge in [0.1, 0.15) is 11.6 Å². The standard InChI is InChI=1S/C11H10BrF2NO2/c12-11-8(14)2-7(13)3-9(11)15-4-6(5-16)1-10(15)17/h2-3,6,16H,1,4-5H2. The normalized spacial score (nSPS) is 20.1. The van der Waals surface area contributed by atoms with E-state index in [-0.39, 0.29) is 41.6 Å². The number of carbonyl (C=O) groups excluding carboxylic acids is 1. The first-order valence-electron chi connectivity index (χ1n) is 5.08. The Bertz CT molecular complexity index is 467. The summed E-state index contributed by atoms with van der Waals surface area (Å²) in [5, 5.41) is 8.99. The Morgan fingerprint density at radius 3 is 2.76 bits per heavy atom. The van der Waals surface area contributed by atoms with Crippen molar-refractivity contribution in [3.8, 4) is 0 Å². The molecule has 1 heterocycles. The van der Waals surface area contributed by atoms with E-state index in [2.05, 4.69) is 15.9 Å². The largest absolute Gasteiger partial charge is 0.396 e. The van der Waals surface area contributed by atoms with Gasteiger partial charge < -0.3 is 10.0 Å². The first-order chi connectivity index (χ1) is 8.02. The van der Waals surface area contributed by atoms with E-state index in [9.17, 15) is 13.6 Å². The third kappa shape index (κ3) is 2.32. The fourth-order valence-electron chi connectivity index (χ4n) is 1.88. The highest BCUT2D eigenvalue weighted by Crippen LogP contribution is 2.33. The van der Waals surface area contributed by atoms with E-state index in [1.165, 1.54) is 4.90 Å². The second-order valence-electron chi connectivity index (χ2n) is 3.98. The van der Waals surface area contributed by atoms with Crippen LogP contribution in [-0.4, -0.2) is 24.2 Å². The average Bonchev–Trinajstić information content (AvgIpc) is 2.65. The zero-order valence-corrected chi connectivity index (χ0v) is 10.4. The molecule has 1 aliphatic rings. The molecule has 1 aromatic rings. The van der Waals surface area contributed by atoms with Crippen LogP contribution in [0.5, 0.6) is 0 Å². The van der Waals surface area contributed by atoms with Gasteiger partial charge >= 0.3 is 0 Å². The summed E-state index contributed by atoms with van der Waals surface area (Å²) in [7, 11) is 0. The van der Waals surface area contributed by atoms with Crippen LogP contribution in [-0.2, 0) is 4.79 Å². The van der Waals surface area contributed by atoms with Gasteiger partial charge in [0.25, 0.3) is 0 Å². The minimum absolute atomic E-state index is 0.0610. The SMILES string of the molecule is O=C1CC(CO)CN1c1cc(F)cc(F)c1Br. The van der Waals surface area contributed by atoms with Gasteiger partial charge in [-0.2, -0.15) is 0 Å². The van der Waals surface area contributed by atoms with Gasteiger partial charge in [-0.05, 0) is 22.0 Å². The summed E-state index contributed by atoms with van der Waals surface area (Å²) in [6, 6.07) is 1.85. The lowest BCUT2D eigenvalue weighted by atomic mass is 10.1. The van der Waals surface area contributed by atoms with Crippen LogP contribution in [0.25, 0.3) is 0 Å². The quantitative estimate of drug-likeness (QED) is 0.850. The van der Waals surface area contributed by atoms with Crippen molar-refractivity contribution in [3.63, 3.8) is 0 Å². The molecule has 1 amide bonds. The van der Waals surface area contributed by atoms with Gasteiger partial charge in [-0.15, -0.1) is 0 Å². The van der Waals surface area contributed by atoms with Crippen LogP contribution in [0.4, 0.5) is 14.5 Å². The van der Waals surface area contributed by atoms with Crippen LogP contribution in [0.1, 0.15) is 6.42 Å². The average molecular weight is 306 g/mol. The molecule has 0 saturated carbocycles. The molecule has 6 heteroatoms. The lowest BCUT2D eigenvalue weighted by Gasteiger charge is -2.18. The summed E-state index contributed by atoms with van der Waals surface area (Å²) in [6.07, 6.45) is 0.196. The maximum atomic E-state index is 13.3. The molecule has 1 unspecified atom stereocenters. The summed E-state index contributed by atoms with van der Waals surface area (Å²) in [4.78, 5) is 13.0. The van der Waals surface area contributed by atoms with E-state index in [1.54, 1.807) is 0 Å². The number of aliphatic hydroxyl groups excluding tert-OH is 1. The van der Waals surface area contributed by atoms with E-state index < -0.39 is 11.6 Å². The first-order valence-corrected chi connectivity index (χ1v) is 5.88. The number of hydrogen-bond donors (Lipinski definition) is 1.